The van der Waals surface area contributed by atoms with Crippen molar-refractivity contribution in [1.29, 1.82) is 0 Å². The quantitative estimate of drug-likeness (QED) is 0.464. The highest BCUT2D eigenvalue weighted by Gasteiger charge is 2.10. The highest BCUT2D eigenvalue weighted by Crippen LogP contribution is 2.04. The first kappa shape index (κ1) is 8.56. The molecule has 4 heteroatoms. The Bertz CT molecular complexity index is 105. The van der Waals surface area contributed by atoms with Gasteiger partial charge >= 0.3 is 6.09 Å². The number of carboxylic acid groups (broad SMARTS) is 1. The van der Waals surface area contributed by atoms with Crippen molar-refractivity contribution in [3.63, 3.8) is 0 Å². The Balaban J connectivity index is 3.50. The van der Waals surface area contributed by atoms with Crippen LogP contribution in [0.3, 0.4) is 0 Å². The fourth-order valence-corrected chi connectivity index (χ4v) is 0.378. The van der Waals surface area contributed by atoms with Crippen molar-refractivity contribution < 1.29 is 9.90 Å². The molecule has 0 saturated carbocycles. The summed E-state index contributed by atoms with van der Waals surface area (Å²) >= 11 is 5.52. The molecule has 1 amide bonds. The molecule has 54 valence electrons. The molecule has 0 bridgehead atoms. The lowest BCUT2D eigenvalue weighted by Gasteiger charge is -2.11. The number of rotatable bonds is 2. The van der Waals surface area contributed by atoms with E-state index in [0.29, 0.717) is 0 Å². The van der Waals surface area contributed by atoms with Crippen LogP contribution in [0, 0.1) is 5.92 Å². The van der Waals surface area contributed by atoms with Crippen molar-refractivity contribution in [2.45, 2.75) is 19.3 Å². The topological polar surface area (TPSA) is 49.3 Å². The van der Waals surface area contributed by atoms with E-state index in [1.165, 1.54) is 0 Å². The molecule has 0 fully saturated rings. The normalized spacial score (nSPS) is 13.3. The van der Waals surface area contributed by atoms with Crippen LogP contribution in [0.15, 0.2) is 0 Å². The number of amides is 1. The van der Waals surface area contributed by atoms with Gasteiger partial charge in [0.05, 0.1) is 0 Å². The average Bonchev–Trinajstić information content (AvgIpc) is 1.63. The molecule has 0 aromatic heterocycles. The first-order valence-electron chi connectivity index (χ1n) is 2.67. The van der Waals surface area contributed by atoms with Gasteiger partial charge in [-0.15, -0.1) is 0 Å². The zero-order valence-corrected chi connectivity index (χ0v) is 6.14. The van der Waals surface area contributed by atoms with Crippen molar-refractivity contribution >= 4 is 17.7 Å². The summed E-state index contributed by atoms with van der Waals surface area (Å²) in [5.41, 5.74) is -0.484. The second kappa shape index (κ2) is 3.56. The van der Waals surface area contributed by atoms with Gasteiger partial charge in [-0.2, -0.15) is 0 Å². The number of hydrogen-bond acceptors (Lipinski definition) is 1. The van der Waals surface area contributed by atoms with E-state index in [1.54, 1.807) is 0 Å². The van der Waals surface area contributed by atoms with Crippen LogP contribution >= 0.6 is 11.6 Å². The summed E-state index contributed by atoms with van der Waals surface area (Å²) in [6.07, 6.45) is -1.08. The maximum absolute atomic E-state index is 9.92. The molecule has 0 aliphatic heterocycles. The standard InChI is InChI=1S/C5H10ClNO2/c1-3(2)4(6)7-5(8)9/h3-4,7H,1-2H3,(H,8,9). The third kappa shape index (κ3) is 4.09. The summed E-state index contributed by atoms with van der Waals surface area (Å²) in [6.45, 7) is 3.68. The molecule has 2 N–H and O–H groups in total. The number of hydrogen-bond donors (Lipinski definition) is 2. The number of carbonyl (C=O) groups is 1. The molecule has 0 aliphatic carbocycles. The lowest BCUT2D eigenvalue weighted by atomic mass is 10.2. The summed E-state index contributed by atoms with van der Waals surface area (Å²) in [6, 6.07) is 0. The number of halogens is 1. The molecule has 3 nitrogen and oxygen atoms in total. The van der Waals surface area contributed by atoms with Crippen LogP contribution in [-0.4, -0.2) is 16.7 Å². The van der Waals surface area contributed by atoms with Gasteiger partial charge in [0.25, 0.3) is 0 Å². The lowest BCUT2D eigenvalue weighted by molar-refractivity contribution is 0.191. The molecule has 0 heterocycles. The fraction of sp³-hybridized carbons (Fsp3) is 0.800. The van der Waals surface area contributed by atoms with Crippen LogP contribution in [0.25, 0.3) is 0 Å². The summed E-state index contributed by atoms with van der Waals surface area (Å²) in [7, 11) is 0. The Hall–Kier alpha value is -0.440. The van der Waals surface area contributed by atoms with E-state index in [-0.39, 0.29) is 5.92 Å². The first-order valence-corrected chi connectivity index (χ1v) is 3.11. The molecule has 0 aliphatic rings. The van der Waals surface area contributed by atoms with Crippen LogP contribution in [-0.2, 0) is 0 Å². The van der Waals surface area contributed by atoms with Crippen molar-refractivity contribution in [2.24, 2.45) is 5.92 Å². The Morgan fingerprint density at radius 3 is 2.22 bits per heavy atom. The minimum Gasteiger partial charge on any atom is -0.465 e. The SMILES string of the molecule is CC(C)C(Cl)NC(=O)O. The van der Waals surface area contributed by atoms with E-state index < -0.39 is 11.6 Å². The second-order valence-electron chi connectivity index (χ2n) is 2.10. The van der Waals surface area contributed by atoms with Gasteiger partial charge in [-0.3, -0.25) is 0 Å². The Morgan fingerprint density at radius 1 is 1.67 bits per heavy atom. The maximum atomic E-state index is 9.92. The predicted octanol–water partition coefficient (Wildman–Crippen LogP) is 1.47. The highest BCUT2D eigenvalue weighted by molar-refractivity contribution is 6.21. The smallest absolute Gasteiger partial charge is 0.405 e. The molecule has 0 saturated heterocycles. The van der Waals surface area contributed by atoms with E-state index in [9.17, 15) is 4.79 Å². The summed E-state index contributed by atoms with van der Waals surface area (Å²) in [4.78, 5) is 9.92. The molecule has 1 unspecified atom stereocenters. The molecule has 0 radical (unpaired) electrons. The Kier molecular flexibility index (Phi) is 3.39. The largest absolute Gasteiger partial charge is 0.465 e. The number of nitrogens with one attached hydrogen (secondary N) is 1. The minimum atomic E-state index is -1.08. The van der Waals surface area contributed by atoms with E-state index in [1.807, 2.05) is 13.8 Å². The third-order valence-electron chi connectivity index (χ3n) is 0.847. The van der Waals surface area contributed by atoms with Crippen molar-refractivity contribution in [3.05, 3.63) is 0 Å². The summed E-state index contributed by atoms with van der Waals surface area (Å²) in [5, 5.41) is 10.3. The molecule has 0 spiro atoms. The van der Waals surface area contributed by atoms with E-state index >= 15 is 0 Å². The first-order chi connectivity index (χ1) is 4.04. The second-order valence-corrected chi connectivity index (χ2v) is 2.57. The van der Waals surface area contributed by atoms with Gasteiger partial charge in [0.15, 0.2) is 0 Å². The molecule has 0 aromatic carbocycles. The van der Waals surface area contributed by atoms with E-state index in [2.05, 4.69) is 5.32 Å². The van der Waals surface area contributed by atoms with Gasteiger partial charge in [-0.1, -0.05) is 25.4 Å². The van der Waals surface area contributed by atoms with Gasteiger partial charge in [-0.25, -0.2) is 4.79 Å². The molecule has 9 heavy (non-hydrogen) atoms. The van der Waals surface area contributed by atoms with E-state index in [4.69, 9.17) is 16.7 Å². The van der Waals surface area contributed by atoms with Gasteiger partial charge in [0.2, 0.25) is 0 Å². The minimum absolute atomic E-state index is 0.128. The zero-order chi connectivity index (χ0) is 7.44. The van der Waals surface area contributed by atoms with E-state index in [0.717, 1.165) is 0 Å². The highest BCUT2D eigenvalue weighted by atomic mass is 35.5. The predicted molar refractivity (Wildman–Crippen MR) is 35.6 cm³/mol. The number of alkyl halides is 1. The van der Waals surface area contributed by atoms with Crippen LogP contribution in [0.1, 0.15) is 13.8 Å². The average molecular weight is 152 g/mol. The van der Waals surface area contributed by atoms with Gasteiger partial charge in [-0.05, 0) is 5.92 Å². The summed E-state index contributed by atoms with van der Waals surface area (Å²) in [5.74, 6) is 0.128. The van der Waals surface area contributed by atoms with Crippen molar-refractivity contribution in [2.75, 3.05) is 0 Å². The van der Waals surface area contributed by atoms with Crippen LogP contribution in [0.5, 0.6) is 0 Å². The van der Waals surface area contributed by atoms with Gasteiger partial charge < -0.3 is 10.4 Å². The fourth-order valence-electron chi connectivity index (χ4n) is 0.285. The van der Waals surface area contributed by atoms with Crippen LogP contribution in [0.2, 0.25) is 0 Å². The zero-order valence-electron chi connectivity index (χ0n) is 5.39. The molecule has 1 atom stereocenters. The lowest BCUT2D eigenvalue weighted by Crippen LogP contribution is -2.32. The maximum Gasteiger partial charge on any atom is 0.405 e. The molecular weight excluding hydrogens is 142 g/mol. The Labute approximate surface area is 59.0 Å². The molecule has 0 rings (SSSR count). The molecular formula is C5H10ClNO2. The Morgan fingerprint density at radius 2 is 2.11 bits per heavy atom. The van der Waals surface area contributed by atoms with Gasteiger partial charge in [0.1, 0.15) is 5.50 Å². The van der Waals surface area contributed by atoms with Crippen LogP contribution < -0.4 is 5.32 Å². The van der Waals surface area contributed by atoms with Crippen molar-refractivity contribution in [1.82, 2.24) is 5.32 Å². The monoisotopic (exact) mass is 151 g/mol. The third-order valence-corrected chi connectivity index (χ3v) is 1.46. The van der Waals surface area contributed by atoms with Crippen molar-refractivity contribution in [3.8, 4) is 0 Å². The van der Waals surface area contributed by atoms with Crippen LogP contribution in [0.4, 0.5) is 4.79 Å². The molecule has 0 aromatic rings. The van der Waals surface area contributed by atoms with Gasteiger partial charge in [0, 0.05) is 0 Å². The summed E-state index contributed by atoms with van der Waals surface area (Å²) < 4.78 is 0.